The number of rotatable bonds is 3. The van der Waals surface area contributed by atoms with E-state index in [4.69, 9.17) is 10.5 Å². The fourth-order valence-electron chi connectivity index (χ4n) is 1.75. The molecule has 0 aromatic heterocycles. The Morgan fingerprint density at radius 1 is 0.889 bits per heavy atom. The van der Waals surface area contributed by atoms with Gasteiger partial charge in [-0.2, -0.15) is 0 Å². The van der Waals surface area contributed by atoms with Gasteiger partial charge in [0.15, 0.2) is 0 Å². The van der Waals surface area contributed by atoms with Gasteiger partial charge >= 0.3 is 0 Å². The van der Waals surface area contributed by atoms with Crippen LogP contribution in [-0.4, -0.2) is 0 Å². The third kappa shape index (κ3) is 2.90. The Balaban J connectivity index is 2.15. The van der Waals surface area contributed by atoms with Crippen molar-refractivity contribution < 1.29 is 4.74 Å². The Morgan fingerprint density at radius 2 is 1.50 bits per heavy atom. The van der Waals surface area contributed by atoms with Crippen LogP contribution in [0.5, 0.6) is 11.5 Å². The Labute approximate surface area is 108 Å². The summed E-state index contributed by atoms with van der Waals surface area (Å²) >= 11 is 0. The summed E-state index contributed by atoms with van der Waals surface area (Å²) in [7, 11) is 0. The van der Waals surface area contributed by atoms with E-state index in [-0.39, 0.29) is 6.04 Å². The third-order valence-corrected chi connectivity index (χ3v) is 3.12. The van der Waals surface area contributed by atoms with Gasteiger partial charge in [0.25, 0.3) is 0 Å². The van der Waals surface area contributed by atoms with Crippen LogP contribution in [0.1, 0.15) is 29.7 Å². The summed E-state index contributed by atoms with van der Waals surface area (Å²) in [5.41, 5.74) is 9.43. The van der Waals surface area contributed by atoms with Gasteiger partial charge < -0.3 is 10.5 Å². The molecule has 2 rings (SSSR count). The minimum atomic E-state index is 0.0562. The Kier molecular flexibility index (Phi) is 3.68. The highest BCUT2D eigenvalue weighted by atomic mass is 16.5. The van der Waals surface area contributed by atoms with Crippen molar-refractivity contribution in [1.82, 2.24) is 0 Å². The Hall–Kier alpha value is -1.80. The van der Waals surface area contributed by atoms with Gasteiger partial charge in [0, 0.05) is 6.04 Å². The van der Waals surface area contributed by atoms with Crippen LogP contribution < -0.4 is 10.5 Å². The number of hydrogen-bond donors (Lipinski definition) is 1. The van der Waals surface area contributed by atoms with E-state index >= 15 is 0 Å². The minimum absolute atomic E-state index is 0.0562. The standard InChI is InChI=1S/C16H19NO/c1-11-4-7-16(10-12(11)2)18-15-8-5-14(6-9-15)13(3)17/h4-10,13H,17H2,1-3H3/t13-/m1/s1. The molecule has 0 amide bonds. The number of ether oxygens (including phenoxy) is 1. The molecule has 0 unspecified atom stereocenters. The summed E-state index contributed by atoms with van der Waals surface area (Å²) in [6, 6.07) is 14.1. The van der Waals surface area contributed by atoms with E-state index in [0.29, 0.717) is 0 Å². The molecule has 2 N–H and O–H groups in total. The highest BCUT2D eigenvalue weighted by molar-refractivity contribution is 5.38. The maximum atomic E-state index is 5.81. The quantitative estimate of drug-likeness (QED) is 0.877. The van der Waals surface area contributed by atoms with Gasteiger partial charge in [-0.3, -0.25) is 0 Å². The summed E-state index contributed by atoms with van der Waals surface area (Å²) in [6.45, 7) is 6.15. The zero-order valence-corrected chi connectivity index (χ0v) is 11.1. The summed E-state index contributed by atoms with van der Waals surface area (Å²) in [5, 5.41) is 0. The predicted molar refractivity (Wildman–Crippen MR) is 75.0 cm³/mol. The van der Waals surface area contributed by atoms with Crippen molar-refractivity contribution in [2.75, 3.05) is 0 Å². The van der Waals surface area contributed by atoms with Crippen LogP contribution in [0.2, 0.25) is 0 Å². The first-order chi connectivity index (χ1) is 8.56. The number of hydrogen-bond acceptors (Lipinski definition) is 2. The first-order valence-corrected chi connectivity index (χ1v) is 6.17. The number of benzene rings is 2. The molecule has 94 valence electrons. The smallest absolute Gasteiger partial charge is 0.127 e. The molecule has 0 fully saturated rings. The van der Waals surface area contributed by atoms with E-state index in [1.807, 2.05) is 37.3 Å². The van der Waals surface area contributed by atoms with Gasteiger partial charge in [0.1, 0.15) is 11.5 Å². The van der Waals surface area contributed by atoms with Crippen molar-refractivity contribution in [3.05, 3.63) is 59.2 Å². The van der Waals surface area contributed by atoms with Crippen molar-refractivity contribution in [2.45, 2.75) is 26.8 Å². The average molecular weight is 241 g/mol. The van der Waals surface area contributed by atoms with Crippen LogP contribution >= 0.6 is 0 Å². The molecule has 2 nitrogen and oxygen atoms in total. The first-order valence-electron chi connectivity index (χ1n) is 6.17. The van der Waals surface area contributed by atoms with Crippen LogP contribution in [0.25, 0.3) is 0 Å². The molecule has 0 spiro atoms. The van der Waals surface area contributed by atoms with Crippen LogP contribution in [-0.2, 0) is 0 Å². The highest BCUT2D eigenvalue weighted by Crippen LogP contribution is 2.24. The maximum Gasteiger partial charge on any atom is 0.127 e. The summed E-state index contributed by atoms with van der Waals surface area (Å²) < 4.78 is 5.81. The molecule has 0 aliphatic carbocycles. The fraction of sp³-hybridized carbons (Fsp3) is 0.250. The molecule has 0 aliphatic heterocycles. The molecule has 0 bridgehead atoms. The van der Waals surface area contributed by atoms with E-state index in [0.717, 1.165) is 17.1 Å². The lowest BCUT2D eigenvalue weighted by Crippen LogP contribution is -2.04. The van der Waals surface area contributed by atoms with Gasteiger partial charge in [0.05, 0.1) is 0 Å². The normalized spacial score (nSPS) is 12.2. The second kappa shape index (κ2) is 5.23. The molecule has 0 saturated heterocycles. The topological polar surface area (TPSA) is 35.2 Å². The molecule has 0 heterocycles. The van der Waals surface area contributed by atoms with Crippen LogP contribution in [0.3, 0.4) is 0 Å². The van der Waals surface area contributed by atoms with Crippen molar-refractivity contribution >= 4 is 0 Å². The molecule has 18 heavy (non-hydrogen) atoms. The summed E-state index contributed by atoms with van der Waals surface area (Å²) in [4.78, 5) is 0. The van der Waals surface area contributed by atoms with Crippen molar-refractivity contribution in [3.63, 3.8) is 0 Å². The second-order valence-electron chi connectivity index (χ2n) is 4.71. The van der Waals surface area contributed by atoms with Gasteiger partial charge in [0.2, 0.25) is 0 Å². The van der Waals surface area contributed by atoms with E-state index in [1.165, 1.54) is 11.1 Å². The van der Waals surface area contributed by atoms with Crippen LogP contribution in [0.15, 0.2) is 42.5 Å². The molecular formula is C16H19NO. The number of nitrogens with two attached hydrogens (primary N) is 1. The Morgan fingerprint density at radius 3 is 2.06 bits per heavy atom. The average Bonchev–Trinajstić information content (AvgIpc) is 2.34. The van der Waals surface area contributed by atoms with Gasteiger partial charge in [-0.25, -0.2) is 0 Å². The molecule has 0 saturated carbocycles. The van der Waals surface area contributed by atoms with Gasteiger partial charge in [-0.05, 0) is 61.7 Å². The Bertz CT molecular complexity index is 529. The van der Waals surface area contributed by atoms with Crippen LogP contribution in [0, 0.1) is 13.8 Å². The van der Waals surface area contributed by atoms with Gasteiger partial charge in [-0.15, -0.1) is 0 Å². The van der Waals surface area contributed by atoms with Crippen molar-refractivity contribution in [2.24, 2.45) is 5.73 Å². The third-order valence-electron chi connectivity index (χ3n) is 3.12. The molecule has 0 radical (unpaired) electrons. The zero-order valence-electron chi connectivity index (χ0n) is 11.1. The largest absolute Gasteiger partial charge is 0.457 e. The van der Waals surface area contributed by atoms with Crippen LogP contribution in [0.4, 0.5) is 0 Å². The van der Waals surface area contributed by atoms with E-state index < -0.39 is 0 Å². The van der Waals surface area contributed by atoms with E-state index in [9.17, 15) is 0 Å². The first kappa shape index (κ1) is 12.7. The molecular weight excluding hydrogens is 222 g/mol. The minimum Gasteiger partial charge on any atom is -0.457 e. The molecule has 2 aromatic rings. The maximum absolute atomic E-state index is 5.81. The lowest BCUT2D eigenvalue weighted by molar-refractivity contribution is 0.481. The monoisotopic (exact) mass is 241 g/mol. The summed E-state index contributed by atoms with van der Waals surface area (Å²) in [5.74, 6) is 1.70. The summed E-state index contributed by atoms with van der Waals surface area (Å²) in [6.07, 6.45) is 0. The highest BCUT2D eigenvalue weighted by Gasteiger charge is 2.02. The number of aryl methyl sites for hydroxylation is 2. The van der Waals surface area contributed by atoms with E-state index in [1.54, 1.807) is 0 Å². The molecule has 0 aliphatic rings. The van der Waals surface area contributed by atoms with E-state index in [2.05, 4.69) is 26.0 Å². The fourth-order valence-corrected chi connectivity index (χ4v) is 1.75. The lowest BCUT2D eigenvalue weighted by atomic mass is 10.1. The molecule has 1 atom stereocenters. The second-order valence-corrected chi connectivity index (χ2v) is 4.71. The SMILES string of the molecule is Cc1ccc(Oc2ccc([C@@H](C)N)cc2)cc1C. The molecule has 2 aromatic carbocycles. The van der Waals surface area contributed by atoms with Crippen molar-refractivity contribution in [1.29, 1.82) is 0 Å². The van der Waals surface area contributed by atoms with Gasteiger partial charge in [-0.1, -0.05) is 18.2 Å². The zero-order chi connectivity index (χ0) is 13.1. The lowest BCUT2D eigenvalue weighted by Gasteiger charge is -2.10. The van der Waals surface area contributed by atoms with Crippen molar-refractivity contribution in [3.8, 4) is 11.5 Å². The predicted octanol–water partition coefficient (Wildman–Crippen LogP) is 4.12. The molecule has 2 heteroatoms.